The number of nitrogens with one attached hydrogen (secondary N) is 4. The third-order valence-corrected chi connectivity index (χ3v) is 5.85. The lowest BCUT2D eigenvalue weighted by Crippen LogP contribution is -2.55. The molecular formula is C22H31N5O5S. The molecule has 1 aromatic heterocycles. The van der Waals surface area contributed by atoms with Gasteiger partial charge in [0.25, 0.3) is 0 Å². The van der Waals surface area contributed by atoms with Crippen LogP contribution in [0.4, 0.5) is 0 Å². The van der Waals surface area contributed by atoms with Crippen molar-refractivity contribution in [2.75, 3.05) is 12.3 Å². The fraction of sp³-hybridized carbons (Fsp3) is 0.455. The molecule has 7 N–H and O–H groups in total. The Hall–Kier alpha value is -3.05. The quantitative estimate of drug-likeness (QED) is 0.215. The summed E-state index contributed by atoms with van der Waals surface area (Å²) in [6, 6.07) is 4.69. The number of carbonyl (C=O) groups excluding carboxylic acids is 3. The second kappa shape index (κ2) is 12.3. The summed E-state index contributed by atoms with van der Waals surface area (Å²) < 4.78 is 0. The number of hydrogen-bond donors (Lipinski definition) is 7. The summed E-state index contributed by atoms with van der Waals surface area (Å²) in [6.45, 7) is 3.10. The van der Waals surface area contributed by atoms with Crippen LogP contribution >= 0.6 is 12.6 Å². The molecule has 0 bridgehead atoms. The van der Waals surface area contributed by atoms with Crippen molar-refractivity contribution >= 4 is 47.2 Å². The van der Waals surface area contributed by atoms with Crippen molar-refractivity contribution in [3.8, 4) is 0 Å². The van der Waals surface area contributed by atoms with Gasteiger partial charge in [-0.3, -0.25) is 14.4 Å². The second-order valence-electron chi connectivity index (χ2n) is 7.90. The maximum atomic E-state index is 12.5. The van der Waals surface area contributed by atoms with Gasteiger partial charge in [0, 0.05) is 22.9 Å². The number of rotatable bonds is 12. The predicted molar refractivity (Wildman–Crippen MR) is 128 cm³/mol. The summed E-state index contributed by atoms with van der Waals surface area (Å²) in [5.74, 6) is -3.22. The lowest BCUT2D eigenvalue weighted by atomic mass is 9.99. The molecular weight excluding hydrogens is 446 g/mol. The van der Waals surface area contributed by atoms with E-state index in [4.69, 9.17) is 5.73 Å². The highest BCUT2D eigenvalue weighted by molar-refractivity contribution is 7.80. The van der Waals surface area contributed by atoms with E-state index in [1.54, 1.807) is 13.1 Å². The van der Waals surface area contributed by atoms with Crippen LogP contribution < -0.4 is 21.7 Å². The van der Waals surface area contributed by atoms with E-state index in [1.807, 2.05) is 31.2 Å². The number of carbonyl (C=O) groups is 4. The van der Waals surface area contributed by atoms with Gasteiger partial charge in [-0.2, -0.15) is 12.6 Å². The van der Waals surface area contributed by atoms with Gasteiger partial charge in [0.2, 0.25) is 17.7 Å². The van der Waals surface area contributed by atoms with Gasteiger partial charge in [-0.05, 0) is 24.0 Å². The minimum absolute atomic E-state index is 0.0103. The monoisotopic (exact) mass is 477 g/mol. The minimum Gasteiger partial charge on any atom is -0.480 e. The third kappa shape index (κ3) is 7.22. The summed E-state index contributed by atoms with van der Waals surface area (Å²) in [6.07, 6.45) is 2.63. The van der Waals surface area contributed by atoms with Crippen molar-refractivity contribution in [3.05, 3.63) is 36.0 Å². The van der Waals surface area contributed by atoms with Crippen LogP contribution in [0, 0.1) is 5.92 Å². The zero-order valence-corrected chi connectivity index (χ0v) is 19.5. The highest BCUT2D eigenvalue weighted by atomic mass is 32.1. The number of aromatic nitrogens is 1. The topological polar surface area (TPSA) is 166 Å². The average molecular weight is 478 g/mol. The lowest BCUT2D eigenvalue weighted by Gasteiger charge is -2.21. The number of para-hydroxylation sites is 1. The average Bonchev–Trinajstić information content (AvgIpc) is 3.21. The molecule has 0 aliphatic carbocycles. The van der Waals surface area contributed by atoms with Crippen molar-refractivity contribution in [1.82, 2.24) is 20.9 Å². The van der Waals surface area contributed by atoms with Gasteiger partial charge in [0.15, 0.2) is 0 Å². The van der Waals surface area contributed by atoms with Crippen molar-refractivity contribution in [3.63, 3.8) is 0 Å². The van der Waals surface area contributed by atoms with Crippen LogP contribution in [0.15, 0.2) is 30.5 Å². The molecule has 33 heavy (non-hydrogen) atoms. The van der Waals surface area contributed by atoms with Gasteiger partial charge >= 0.3 is 5.97 Å². The van der Waals surface area contributed by atoms with Crippen LogP contribution in [0.1, 0.15) is 25.8 Å². The molecule has 0 fully saturated rings. The predicted octanol–water partition coefficient (Wildman–Crippen LogP) is 0.184. The van der Waals surface area contributed by atoms with Gasteiger partial charge < -0.3 is 31.8 Å². The molecule has 11 heteroatoms. The number of carboxylic acid groups (broad SMARTS) is 1. The first kappa shape index (κ1) is 26.2. The Kier molecular flexibility index (Phi) is 9.74. The van der Waals surface area contributed by atoms with Crippen molar-refractivity contribution in [1.29, 1.82) is 0 Å². The summed E-state index contributed by atoms with van der Waals surface area (Å²) in [5, 5.41) is 17.6. The fourth-order valence-corrected chi connectivity index (χ4v) is 3.56. The van der Waals surface area contributed by atoms with E-state index >= 15 is 0 Å². The van der Waals surface area contributed by atoms with E-state index in [0.717, 1.165) is 16.5 Å². The van der Waals surface area contributed by atoms with Gasteiger partial charge in [0.05, 0.1) is 12.6 Å². The number of carboxylic acids is 1. The van der Waals surface area contributed by atoms with Gasteiger partial charge in [-0.1, -0.05) is 38.5 Å². The van der Waals surface area contributed by atoms with Crippen LogP contribution in [-0.2, 0) is 25.6 Å². The number of fused-ring (bicyclic) bond motifs is 1. The molecule has 3 amide bonds. The number of aromatic amines is 1. The van der Waals surface area contributed by atoms with Crippen molar-refractivity contribution in [2.45, 2.75) is 44.8 Å². The number of hydrogen-bond acceptors (Lipinski definition) is 6. The van der Waals surface area contributed by atoms with E-state index in [1.165, 1.54) is 0 Å². The molecule has 0 aliphatic heterocycles. The van der Waals surface area contributed by atoms with E-state index in [9.17, 15) is 24.3 Å². The lowest BCUT2D eigenvalue weighted by molar-refractivity contribution is -0.143. The SMILES string of the molecule is CCC(C)C(NC(=O)CNC(=O)C(CS)NC(=O)C(N)Cc1c[nH]c2ccccc12)C(=O)O. The van der Waals surface area contributed by atoms with Crippen molar-refractivity contribution < 1.29 is 24.3 Å². The zero-order chi connectivity index (χ0) is 24.5. The third-order valence-electron chi connectivity index (χ3n) is 5.49. The molecule has 4 unspecified atom stereocenters. The van der Waals surface area contributed by atoms with Crippen LogP contribution in [0.2, 0.25) is 0 Å². The smallest absolute Gasteiger partial charge is 0.326 e. The van der Waals surface area contributed by atoms with Crippen LogP contribution in [0.5, 0.6) is 0 Å². The molecule has 1 aromatic carbocycles. The normalized spacial score (nSPS) is 14.7. The van der Waals surface area contributed by atoms with Gasteiger partial charge in [-0.15, -0.1) is 0 Å². The number of amides is 3. The molecule has 180 valence electrons. The molecule has 2 rings (SSSR count). The number of H-pyrrole nitrogens is 1. The molecule has 0 aliphatic rings. The fourth-order valence-electron chi connectivity index (χ4n) is 3.30. The second-order valence-corrected chi connectivity index (χ2v) is 8.27. The largest absolute Gasteiger partial charge is 0.480 e. The summed E-state index contributed by atoms with van der Waals surface area (Å²) in [7, 11) is 0. The van der Waals surface area contributed by atoms with E-state index < -0.39 is 48.4 Å². The number of thiol groups is 1. The molecule has 2 aromatic rings. The van der Waals surface area contributed by atoms with Gasteiger partial charge in [-0.25, -0.2) is 4.79 Å². The maximum absolute atomic E-state index is 12.5. The highest BCUT2D eigenvalue weighted by Gasteiger charge is 2.27. The number of benzene rings is 1. The maximum Gasteiger partial charge on any atom is 0.326 e. The molecule has 10 nitrogen and oxygen atoms in total. The first-order valence-corrected chi connectivity index (χ1v) is 11.3. The van der Waals surface area contributed by atoms with E-state index in [0.29, 0.717) is 6.42 Å². The molecule has 4 atom stereocenters. The Bertz CT molecular complexity index is 994. The Labute approximate surface area is 197 Å². The Morgan fingerprint density at radius 1 is 1.15 bits per heavy atom. The molecule has 0 saturated carbocycles. The van der Waals surface area contributed by atoms with Crippen LogP contribution in [-0.4, -0.2) is 64.2 Å². The Morgan fingerprint density at radius 2 is 1.85 bits per heavy atom. The molecule has 1 heterocycles. The Morgan fingerprint density at radius 3 is 2.48 bits per heavy atom. The standard InChI is InChI=1S/C22H31N5O5S/c1-3-12(2)19(22(31)32)27-18(28)10-25-21(30)17(11-33)26-20(29)15(23)8-13-9-24-16-7-5-4-6-14(13)16/h4-7,9,12,15,17,19,24,33H,3,8,10-11,23H2,1-2H3,(H,25,30)(H,26,29)(H,27,28)(H,31,32). The zero-order valence-electron chi connectivity index (χ0n) is 18.6. The summed E-state index contributed by atoms with van der Waals surface area (Å²) >= 11 is 4.10. The van der Waals surface area contributed by atoms with Crippen LogP contribution in [0.25, 0.3) is 10.9 Å². The number of aliphatic carboxylic acids is 1. The number of nitrogens with two attached hydrogens (primary N) is 1. The van der Waals surface area contributed by atoms with E-state index in [-0.39, 0.29) is 18.1 Å². The first-order valence-electron chi connectivity index (χ1n) is 10.7. The summed E-state index contributed by atoms with van der Waals surface area (Å²) in [4.78, 5) is 51.5. The van der Waals surface area contributed by atoms with E-state index in [2.05, 4.69) is 33.6 Å². The summed E-state index contributed by atoms with van der Waals surface area (Å²) in [5.41, 5.74) is 7.86. The van der Waals surface area contributed by atoms with Crippen molar-refractivity contribution in [2.24, 2.45) is 11.7 Å². The Balaban J connectivity index is 1.88. The molecule has 0 saturated heterocycles. The van der Waals surface area contributed by atoms with Gasteiger partial charge in [0.1, 0.15) is 12.1 Å². The molecule has 0 radical (unpaired) electrons. The van der Waals surface area contributed by atoms with Crippen LogP contribution in [0.3, 0.4) is 0 Å². The highest BCUT2D eigenvalue weighted by Crippen LogP contribution is 2.18. The minimum atomic E-state index is -1.14. The molecule has 0 spiro atoms. The first-order chi connectivity index (χ1) is 15.7.